The standard InChI is InChI=1S/C14H19N5O2S/c1-22(20,21)19-5-2-3-12(10-19)7-13-8-16-9-14(17-13)18-6-4-15-11-18/h4,6,8-9,11-12H,2-3,5,7,10H2,1H3. The second kappa shape index (κ2) is 6.13. The first-order valence-corrected chi connectivity index (χ1v) is 9.11. The van der Waals surface area contributed by atoms with Gasteiger partial charge in [-0.25, -0.2) is 22.7 Å². The average Bonchev–Trinajstić information content (AvgIpc) is 3.01. The number of nitrogens with zero attached hydrogens (tertiary/aromatic N) is 5. The second-order valence-corrected chi connectivity index (χ2v) is 7.65. The minimum Gasteiger partial charge on any atom is -0.289 e. The summed E-state index contributed by atoms with van der Waals surface area (Å²) in [4.78, 5) is 12.8. The van der Waals surface area contributed by atoms with Gasteiger partial charge in [0.1, 0.15) is 6.33 Å². The Hall–Kier alpha value is -1.80. The van der Waals surface area contributed by atoms with Crippen LogP contribution in [0.15, 0.2) is 31.1 Å². The predicted octanol–water partition coefficient (Wildman–Crippen LogP) is 0.876. The first-order chi connectivity index (χ1) is 10.5. The van der Waals surface area contributed by atoms with Crippen LogP contribution in [0, 0.1) is 5.92 Å². The van der Waals surface area contributed by atoms with E-state index in [1.54, 1.807) is 33.8 Å². The van der Waals surface area contributed by atoms with Crippen molar-refractivity contribution in [2.24, 2.45) is 5.92 Å². The molecule has 1 fully saturated rings. The molecule has 0 spiro atoms. The molecule has 1 atom stereocenters. The first kappa shape index (κ1) is 15.1. The molecule has 1 saturated heterocycles. The van der Waals surface area contributed by atoms with Crippen LogP contribution in [0.25, 0.3) is 5.82 Å². The van der Waals surface area contributed by atoms with Gasteiger partial charge in [-0.15, -0.1) is 0 Å². The minimum absolute atomic E-state index is 0.288. The first-order valence-electron chi connectivity index (χ1n) is 7.27. The lowest BCUT2D eigenvalue weighted by Gasteiger charge is -2.30. The maximum Gasteiger partial charge on any atom is 0.211 e. The maximum absolute atomic E-state index is 11.7. The van der Waals surface area contributed by atoms with Crippen molar-refractivity contribution in [3.05, 3.63) is 36.8 Å². The molecule has 1 unspecified atom stereocenters. The van der Waals surface area contributed by atoms with Crippen molar-refractivity contribution in [2.45, 2.75) is 19.3 Å². The fraction of sp³-hybridized carbons (Fsp3) is 0.500. The summed E-state index contributed by atoms with van der Waals surface area (Å²) in [6, 6.07) is 0. The van der Waals surface area contributed by atoms with Crippen molar-refractivity contribution in [1.29, 1.82) is 0 Å². The van der Waals surface area contributed by atoms with Gasteiger partial charge in [-0.3, -0.25) is 9.55 Å². The van der Waals surface area contributed by atoms with Gasteiger partial charge in [0.2, 0.25) is 10.0 Å². The Morgan fingerprint density at radius 2 is 2.18 bits per heavy atom. The molecular weight excluding hydrogens is 302 g/mol. The fourth-order valence-electron chi connectivity index (χ4n) is 2.80. The number of imidazole rings is 1. The lowest BCUT2D eigenvalue weighted by Crippen LogP contribution is -2.39. The van der Waals surface area contributed by atoms with Gasteiger partial charge in [-0.1, -0.05) is 0 Å². The molecule has 1 aliphatic rings. The lowest BCUT2D eigenvalue weighted by molar-refractivity contribution is 0.265. The Balaban J connectivity index is 1.72. The molecule has 0 N–H and O–H groups in total. The van der Waals surface area contributed by atoms with Gasteiger partial charge in [-0.05, 0) is 25.2 Å². The molecule has 0 aliphatic carbocycles. The summed E-state index contributed by atoms with van der Waals surface area (Å²) in [5.74, 6) is 1.02. The van der Waals surface area contributed by atoms with Crippen LogP contribution < -0.4 is 0 Å². The van der Waals surface area contributed by atoms with Gasteiger partial charge >= 0.3 is 0 Å². The van der Waals surface area contributed by atoms with Crippen molar-refractivity contribution in [3.63, 3.8) is 0 Å². The van der Waals surface area contributed by atoms with Crippen LogP contribution in [0.2, 0.25) is 0 Å². The normalized spacial score (nSPS) is 20.1. The molecule has 2 aromatic rings. The van der Waals surface area contributed by atoms with Crippen LogP contribution in [0.5, 0.6) is 0 Å². The van der Waals surface area contributed by atoms with Crippen molar-refractivity contribution in [2.75, 3.05) is 19.3 Å². The molecule has 1 aliphatic heterocycles. The van der Waals surface area contributed by atoms with E-state index in [9.17, 15) is 8.42 Å². The summed E-state index contributed by atoms with van der Waals surface area (Å²) in [5.41, 5.74) is 0.881. The molecule has 118 valence electrons. The van der Waals surface area contributed by atoms with Crippen LogP contribution >= 0.6 is 0 Å². The minimum atomic E-state index is -3.11. The number of hydrogen-bond donors (Lipinski definition) is 0. The van der Waals surface area contributed by atoms with Crippen molar-refractivity contribution < 1.29 is 8.42 Å². The summed E-state index contributed by atoms with van der Waals surface area (Å²) < 4.78 is 26.7. The van der Waals surface area contributed by atoms with Crippen LogP contribution in [-0.2, 0) is 16.4 Å². The van der Waals surface area contributed by atoms with E-state index in [-0.39, 0.29) is 5.92 Å². The Morgan fingerprint density at radius 1 is 1.32 bits per heavy atom. The number of rotatable bonds is 4. The third-order valence-electron chi connectivity index (χ3n) is 3.89. The lowest BCUT2D eigenvalue weighted by atomic mass is 9.95. The van der Waals surface area contributed by atoms with Crippen molar-refractivity contribution in [1.82, 2.24) is 23.8 Å². The summed E-state index contributed by atoms with van der Waals surface area (Å²) in [5, 5.41) is 0. The second-order valence-electron chi connectivity index (χ2n) is 5.67. The molecule has 7 nitrogen and oxygen atoms in total. The summed E-state index contributed by atoms with van der Waals surface area (Å²) in [6.45, 7) is 1.19. The van der Waals surface area contributed by atoms with Gasteiger partial charge in [0.15, 0.2) is 5.82 Å². The Morgan fingerprint density at radius 3 is 2.91 bits per heavy atom. The number of aromatic nitrogens is 4. The average molecular weight is 321 g/mol. The molecule has 0 bridgehead atoms. The van der Waals surface area contributed by atoms with Gasteiger partial charge in [0.25, 0.3) is 0 Å². The van der Waals surface area contributed by atoms with Crippen LogP contribution in [0.4, 0.5) is 0 Å². The van der Waals surface area contributed by atoms with E-state index in [1.165, 1.54) is 6.26 Å². The number of piperidine rings is 1. The smallest absolute Gasteiger partial charge is 0.211 e. The van der Waals surface area contributed by atoms with Crippen molar-refractivity contribution in [3.8, 4) is 5.82 Å². The molecule has 3 rings (SSSR count). The molecule has 0 amide bonds. The van der Waals surface area contributed by atoms with E-state index in [4.69, 9.17) is 0 Å². The van der Waals surface area contributed by atoms with E-state index in [1.807, 2.05) is 6.20 Å². The van der Waals surface area contributed by atoms with E-state index in [2.05, 4.69) is 15.0 Å². The SMILES string of the molecule is CS(=O)(=O)N1CCCC(Cc2cncc(-n3ccnc3)n2)C1. The monoisotopic (exact) mass is 321 g/mol. The molecule has 3 heterocycles. The summed E-state index contributed by atoms with van der Waals surface area (Å²) in [7, 11) is -3.11. The Bertz CT molecular complexity index is 729. The zero-order valence-electron chi connectivity index (χ0n) is 12.5. The van der Waals surface area contributed by atoms with Crippen LogP contribution in [-0.4, -0.2) is 51.6 Å². The number of sulfonamides is 1. The van der Waals surface area contributed by atoms with E-state index < -0.39 is 10.0 Å². The molecule has 8 heteroatoms. The van der Waals surface area contributed by atoms with E-state index in [0.717, 1.165) is 30.8 Å². The van der Waals surface area contributed by atoms with Gasteiger partial charge in [0.05, 0.1) is 18.1 Å². The predicted molar refractivity (Wildman–Crippen MR) is 82.0 cm³/mol. The maximum atomic E-state index is 11.7. The zero-order chi connectivity index (χ0) is 15.6. The highest BCUT2D eigenvalue weighted by Crippen LogP contribution is 2.21. The quantitative estimate of drug-likeness (QED) is 0.835. The molecule has 22 heavy (non-hydrogen) atoms. The third kappa shape index (κ3) is 3.50. The Labute approximate surface area is 130 Å². The highest BCUT2D eigenvalue weighted by Gasteiger charge is 2.26. The largest absolute Gasteiger partial charge is 0.289 e. The fourth-order valence-corrected chi connectivity index (χ4v) is 3.75. The molecular formula is C14H19N5O2S. The van der Waals surface area contributed by atoms with E-state index in [0.29, 0.717) is 13.1 Å². The van der Waals surface area contributed by atoms with Crippen LogP contribution in [0.3, 0.4) is 0 Å². The summed E-state index contributed by atoms with van der Waals surface area (Å²) in [6.07, 6.45) is 12.6. The molecule has 2 aromatic heterocycles. The zero-order valence-corrected chi connectivity index (χ0v) is 13.3. The molecule has 0 radical (unpaired) electrons. The van der Waals surface area contributed by atoms with E-state index >= 15 is 0 Å². The summed E-state index contributed by atoms with van der Waals surface area (Å²) >= 11 is 0. The highest BCUT2D eigenvalue weighted by atomic mass is 32.2. The van der Waals surface area contributed by atoms with Crippen LogP contribution in [0.1, 0.15) is 18.5 Å². The third-order valence-corrected chi connectivity index (χ3v) is 5.16. The van der Waals surface area contributed by atoms with Gasteiger partial charge in [0, 0.05) is 31.7 Å². The number of hydrogen-bond acceptors (Lipinski definition) is 5. The highest BCUT2D eigenvalue weighted by molar-refractivity contribution is 7.88. The molecule has 0 saturated carbocycles. The van der Waals surface area contributed by atoms with Gasteiger partial charge in [-0.2, -0.15) is 0 Å². The van der Waals surface area contributed by atoms with Crippen molar-refractivity contribution >= 4 is 10.0 Å². The Kier molecular flexibility index (Phi) is 4.21. The topological polar surface area (TPSA) is 81.0 Å². The van der Waals surface area contributed by atoms with Gasteiger partial charge < -0.3 is 0 Å². The molecule has 0 aromatic carbocycles.